The molecular formula is C38H31N3. The van der Waals surface area contributed by atoms with E-state index in [-0.39, 0.29) is 0 Å². The van der Waals surface area contributed by atoms with Crippen LogP contribution in [-0.4, -0.2) is 17.4 Å². The zero-order valence-electron chi connectivity index (χ0n) is 23.2. The van der Waals surface area contributed by atoms with E-state index < -0.39 is 5.41 Å². The Hall–Kier alpha value is -5.15. The molecule has 1 aromatic heterocycles. The number of benzene rings is 4. The fraction of sp³-hybridized carbons (Fsp3) is 0.0789. The lowest BCUT2D eigenvalue weighted by Gasteiger charge is -2.33. The highest BCUT2D eigenvalue weighted by Gasteiger charge is 2.45. The standard InChI is InChI=1S/C38H31N3/c1-27(2)38(31-20-22-40-23-21-31)34-17-11-10-16-32(34)33-24-28(18-19-35(33)38)26-41-37(30-14-8-5-9-15-30)25-36(39-3)29-12-6-4-7-13-29/h4-25H,1,3,26H2,2H3/b36-25-,41-37?. The minimum absolute atomic E-state index is 0.422. The van der Waals surface area contributed by atoms with Gasteiger partial charge in [-0.25, -0.2) is 0 Å². The van der Waals surface area contributed by atoms with Gasteiger partial charge in [-0.05, 0) is 76.9 Å². The number of fused-ring (bicyclic) bond motifs is 3. The SMILES string of the molecule is C=N/C(=C\C(=NCc1ccc2c(c1)-c1ccccc1C2(C(=C)C)c1ccncc1)c1ccccc1)c1ccccc1. The number of hydrogen-bond donors (Lipinski definition) is 0. The van der Waals surface area contributed by atoms with Crippen LogP contribution in [0.15, 0.2) is 156 Å². The lowest BCUT2D eigenvalue weighted by Crippen LogP contribution is -2.28. The number of aromatic nitrogens is 1. The molecule has 0 radical (unpaired) electrons. The van der Waals surface area contributed by atoms with E-state index in [1.165, 1.54) is 27.8 Å². The van der Waals surface area contributed by atoms with E-state index in [1.54, 1.807) is 0 Å². The summed E-state index contributed by atoms with van der Waals surface area (Å²) in [7, 11) is 0. The fourth-order valence-corrected chi connectivity index (χ4v) is 6.01. The molecule has 5 aromatic rings. The molecule has 1 aliphatic carbocycles. The van der Waals surface area contributed by atoms with Gasteiger partial charge in [-0.3, -0.25) is 15.0 Å². The van der Waals surface area contributed by atoms with Crippen molar-refractivity contribution >= 4 is 18.1 Å². The Labute approximate surface area is 242 Å². The second-order valence-electron chi connectivity index (χ2n) is 10.3. The van der Waals surface area contributed by atoms with Crippen LogP contribution in [0.25, 0.3) is 16.8 Å². The van der Waals surface area contributed by atoms with E-state index >= 15 is 0 Å². The van der Waals surface area contributed by atoms with E-state index in [9.17, 15) is 0 Å². The molecule has 1 heterocycles. The molecule has 0 aliphatic heterocycles. The number of nitrogens with zero attached hydrogens (tertiary/aromatic N) is 3. The molecule has 3 heteroatoms. The lowest BCUT2D eigenvalue weighted by molar-refractivity contribution is 0.747. The Kier molecular flexibility index (Phi) is 7.09. The maximum atomic E-state index is 5.12. The van der Waals surface area contributed by atoms with Crippen molar-refractivity contribution in [1.82, 2.24) is 4.98 Å². The van der Waals surface area contributed by atoms with Gasteiger partial charge in [0.1, 0.15) is 0 Å². The summed E-state index contributed by atoms with van der Waals surface area (Å²) < 4.78 is 0. The molecule has 0 saturated carbocycles. The highest BCUT2D eigenvalue weighted by molar-refractivity contribution is 6.12. The molecule has 3 nitrogen and oxygen atoms in total. The number of hydrogen-bond acceptors (Lipinski definition) is 3. The van der Waals surface area contributed by atoms with Gasteiger partial charge in [-0.2, -0.15) is 0 Å². The average Bonchev–Trinajstić information content (AvgIpc) is 3.33. The summed E-state index contributed by atoms with van der Waals surface area (Å²) in [5, 5.41) is 0. The highest BCUT2D eigenvalue weighted by atomic mass is 14.8. The fourth-order valence-electron chi connectivity index (χ4n) is 6.01. The molecule has 0 bridgehead atoms. The Morgan fingerprint density at radius 3 is 2.07 bits per heavy atom. The van der Waals surface area contributed by atoms with Crippen molar-refractivity contribution in [3.63, 3.8) is 0 Å². The van der Waals surface area contributed by atoms with Gasteiger partial charge < -0.3 is 0 Å². The Morgan fingerprint density at radius 1 is 0.756 bits per heavy atom. The van der Waals surface area contributed by atoms with Crippen LogP contribution in [0.4, 0.5) is 0 Å². The smallest absolute Gasteiger partial charge is 0.0716 e. The first kappa shape index (κ1) is 26.1. The van der Waals surface area contributed by atoms with Crippen molar-refractivity contribution in [1.29, 1.82) is 0 Å². The summed E-state index contributed by atoms with van der Waals surface area (Å²) in [6, 6.07) is 40.0. The minimum Gasteiger partial charge on any atom is -0.280 e. The first-order valence-corrected chi connectivity index (χ1v) is 13.8. The first-order valence-electron chi connectivity index (χ1n) is 13.8. The van der Waals surface area contributed by atoms with Crippen molar-refractivity contribution in [2.45, 2.75) is 18.9 Å². The zero-order chi connectivity index (χ0) is 28.2. The maximum absolute atomic E-state index is 5.12. The molecule has 0 fully saturated rings. The second-order valence-corrected chi connectivity index (χ2v) is 10.3. The largest absolute Gasteiger partial charge is 0.280 e. The third-order valence-corrected chi connectivity index (χ3v) is 7.88. The van der Waals surface area contributed by atoms with Gasteiger partial charge in [0.2, 0.25) is 0 Å². The quantitative estimate of drug-likeness (QED) is 0.146. The first-order chi connectivity index (χ1) is 20.1. The van der Waals surface area contributed by atoms with Crippen molar-refractivity contribution in [3.8, 4) is 11.1 Å². The second kappa shape index (κ2) is 11.1. The molecule has 6 rings (SSSR count). The Bertz CT molecular complexity index is 1780. The lowest BCUT2D eigenvalue weighted by atomic mass is 9.68. The zero-order valence-corrected chi connectivity index (χ0v) is 23.2. The van der Waals surface area contributed by atoms with Gasteiger partial charge in [0.05, 0.1) is 23.4 Å². The molecule has 0 spiro atoms. The van der Waals surface area contributed by atoms with Crippen LogP contribution in [0.3, 0.4) is 0 Å². The highest BCUT2D eigenvalue weighted by Crippen LogP contribution is 2.55. The molecule has 4 aromatic carbocycles. The van der Waals surface area contributed by atoms with Crippen molar-refractivity contribution in [2.75, 3.05) is 0 Å². The van der Waals surface area contributed by atoms with E-state index in [2.05, 4.69) is 96.9 Å². The minimum atomic E-state index is -0.422. The third-order valence-electron chi connectivity index (χ3n) is 7.88. The Morgan fingerprint density at radius 2 is 1.39 bits per heavy atom. The Balaban J connectivity index is 1.45. The van der Waals surface area contributed by atoms with E-state index in [4.69, 9.17) is 4.99 Å². The monoisotopic (exact) mass is 529 g/mol. The molecule has 0 saturated heterocycles. The predicted octanol–water partition coefficient (Wildman–Crippen LogP) is 8.70. The van der Waals surface area contributed by atoms with E-state index in [0.29, 0.717) is 6.54 Å². The molecule has 0 amide bonds. The van der Waals surface area contributed by atoms with Crippen molar-refractivity contribution in [2.24, 2.45) is 9.98 Å². The van der Waals surface area contributed by atoms with Gasteiger partial charge >= 0.3 is 0 Å². The van der Waals surface area contributed by atoms with Crippen LogP contribution >= 0.6 is 0 Å². The summed E-state index contributed by atoms with van der Waals surface area (Å²) in [6.45, 7) is 11.0. The van der Waals surface area contributed by atoms with Crippen LogP contribution < -0.4 is 0 Å². The van der Waals surface area contributed by atoms with Crippen LogP contribution in [-0.2, 0) is 12.0 Å². The summed E-state index contributed by atoms with van der Waals surface area (Å²) in [5.41, 5.74) is 11.6. The molecule has 1 unspecified atom stereocenters. The van der Waals surface area contributed by atoms with Crippen LogP contribution in [0.5, 0.6) is 0 Å². The summed E-state index contributed by atoms with van der Waals surface area (Å²) in [4.78, 5) is 13.7. The molecule has 41 heavy (non-hydrogen) atoms. The summed E-state index contributed by atoms with van der Waals surface area (Å²) >= 11 is 0. The van der Waals surface area contributed by atoms with Crippen molar-refractivity contribution < 1.29 is 0 Å². The normalized spacial score (nSPS) is 16.1. The molecular weight excluding hydrogens is 498 g/mol. The number of pyridine rings is 1. The topological polar surface area (TPSA) is 37.6 Å². The summed E-state index contributed by atoms with van der Waals surface area (Å²) in [5.74, 6) is 0. The number of allylic oxidation sites excluding steroid dienone is 2. The van der Waals surface area contributed by atoms with Gasteiger partial charge in [0, 0.05) is 18.0 Å². The van der Waals surface area contributed by atoms with Gasteiger partial charge in [-0.1, -0.05) is 109 Å². The molecule has 1 aliphatic rings. The van der Waals surface area contributed by atoms with Crippen LogP contribution in [0, 0.1) is 0 Å². The van der Waals surface area contributed by atoms with Gasteiger partial charge in [-0.15, -0.1) is 0 Å². The number of aliphatic imine (C=N–C) groups is 2. The van der Waals surface area contributed by atoms with Gasteiger partial charge in [0.15, 0.2) is 0 Å². The number of rotatable bonds is 8. The molecule has 0 N–H and O–H groups in total. The molecule has 1 atom stereocenters. The van der Waals surface area contributed by atoms with E-state index in [1.807, 2.05) is 67.0 Å². The van der Waals surface area contributed by atoms with Crippen molar-refractivity contribution in [3.05, 3.63) is 179 Å². The molecule has 198 valence electrons. The predicted molar refractivity (Wildman–Crippen MR) is 171 cm³/mol. The van der Waals surface area contributed by atoms with Gasteiger partial charge in [0.25, 0.3) is 0 Å². The third kappa shape index (κ3) is 4.66. The average molecular weight is 530 g/mol. The van der Waals surface area contributed by atoms with Crippen LogP contribution in [0.1, 0.15) is 40.3 Å². The van der Waals surface area contributed by atoms with E-state index in [0.717, 1.165) is 33.7 Å². The maximum Gasteiger partial charge on any atom is 0.0716 e. The van der Waals surface area contributed by atoms with Crippen LogP contribution in [0.2, 0.25) is 0 Å². The summed E-state index contributed by atoms with van der Waals surface area (Å²) in [6.07, 6.45) is 5.75.